The van der Waals surface area contributed by atoms with E-state index in [0.29, 0.717) is 17.5 Å². The number of amides is 1. The number of hydrogen-bond acceptors (Lipinski definition) is 3. The summed E-state index contributed by atoms with van der Waals surface area (Å²) in [6.45, 7) is 2.45. The molecule has 0 unspecified atom stereocenters. The first kappa shape index (κ1) is 14.5. The number of carbonyl (C=O) groups is 1. The average Bonchev–Trinajstić information content (AvgIpc) is 2.96. The number of ether oxygens (including phenoxy) is 1. The second kappa shape index (κ2) is 7.00. The van der Waals surface area contributed by atoms with Crippen molar-refractivity contribution in [3.8, 4) is 0 Å². The van der Waals surface area contributed by atoms with Crippen LogP contribution in [-0.2, 0) is 4.74 Å². The molecule has 0 saturated carbocycles. The Labute approximate surface area is 128 Å². The molecule has 0 atom stereocenters. The van der Waals surface area contributed by atoms with Gasteiger partial charge in [0.1, 0.15) is 5.69 Å². The summed E-state index contributed by atoms with van der Waals surface area (Å²) in [6.07, 6.45) is 2.25. The number of carbonyl (C=O) groups excluding carboxylic acids is 1. The van der Waals surface area contributed by atoms with E-state index in [0.717, 1.165) is 42.7 Å². The standard InChI is InChI=1S/C16H20N2O2S/c19-16(15-11-12-3-1-2-4-14(12)18-15)17-7-10-21-13-5-8-20-9-6-13/h1-4,11,13,18H,5-10H2,(H,17,19). The number of para-hydroxylation sites is 1. The molecule has 3 rings (SSSR count). The molecule has 5 heteroatoms. The molecular weight excluding hydrogens is 284 g/mol. The molecule has 2 heterocycles. The molecule has 21 heavy (non-hydrogen) atoms. The summed E-state index contributed by atoms with van der Waals surface area (Å²) in [5.41, 5.74) is 1.63. The quantitative estimate of drug-likeness (QED) is 0.835. The first-order valence-electron chi connectivity index (χ1n) is 7.38. The molecule has 1 fully saturated rings. The lowest BCUT2D eigenvalue weighted by Crippen LogP contribution is -2.27. The second-order valence-electron chi connectivity index (χ2n) is 5.21. The zero-order valence-electron chi connectivity index (χ0n) is 11.9. The zero-order valence-corrected chi connectivity index (χ0v) is 12.7. The molecule has 2 N–H and O–H groups in total. The van der Waals surface area contributed by atoms with Gasteiger partial charge in [0.25, 0.3) is 5.91 Å². The van der Waals surface area contributed by atoms with Gasteiger partial charge in [-0.3, -0.25) is 4.79 Å². The molecule has 1 saturated heterocycles. The summed E-state index contributed by atoms with van der Waals surface area (Å²) in [6, 6.07) is 9.82. The van der Waals surface area contributed by atoms with Gasteiger partial charge in [-0.1, -0.05) is 18.2 Å². The van der Waals surface area contributed by atoms with Crippen molar-refractivity contribution in [3.63, 3.8) is 0 Å². The molecule has 2 aromatic rings. The number of rotatable bonds is 5. The topological polar surface area (TPSA) is 54.1 Å². The molecule has 1 aliphatic heterocycles. The number of fused-ring (bicyclic) bond motifs is 1. The molecule has 112 valence electrons. The minimum absolute atomic E-state index is 0.0289. The van der Waals surface area contributed by atoms with Crippen LogP contribution >= 0.6 is 11.8 Å². The van der Waals surface area contributed by atoms with E-state index >= 15 is 0 Å². The van der Waals surface area contributed by atoms with Gasteiger partial charge in [0.2, 0.25) is 0 Å². The maximum atomic E-state index is 12.1. The number of aromatic amines is 1. The average molecular weight is 304 g/mol. The number of H-pyrrole nitrogens is 1. The highest BCUT2D eigenvalue weighted by Crippen LogP contribution is 2.21. The van der Waals surface area contributed by atoms with Crippen LogP contribution in [0, 0.1) is 0 Å². The molecule has 1 aliphatic rings. The van der Waals surface area contributed by atoms with Crippen molar-refractivity contribution in [1.82, 2.24) is 10.3 Å². The van der Waals surface area contributed by atoms with E-state index in [-0.39, 0.29) is 5.91 Å². The number of nitrogens with one attached hydrogen (secondary N) is 2. The van der Waals surface area contributed by atoms with Gasteiger partial charge >= 0.3 is 0 Å². The van der Waals surface area contributed by atoms with Crippen LogP contribution in [0.25, 0.3) is 10.9 Å². The van der Waals surface area contributed by atoms with E-state index in [1.54, 1.807) is 0 Å². The van der Waals surface area contributed by atoms with Crippen LogP contribution in [0.1, 0.15) is 23.3 Å². The van der Waals surface area contributed by atoms with E-state index in [1.807, 2.05) is 42.1 Å². The summed E-state index contributed by atoms with van der Waals surface area (Å²) in [7, 11) is 0. The van der Waals surface area contributed by atoms with Crippen molar-refractivity contribution in [3.05, 3.63) is 36.0 Å². The smallest absolute Gasteiger partial charge is 0.267 e. The van der Waals surface area contributed by atoms with Gasteiger partial charge in [-0.25, -0.2) is 0 Å². The van der Waals surface area contributed by atoms with Crippen molar-refractivity contribution in [2.24, 2.45) is 0 Å². The molecule has 1 aromatic carbocycles. The Hall–Kier alpha value is -1.46. The van der Waals surface area contributed by atoms with Crippen LogP contribution in [0.5, 0.6) is 0 Å². The fourth-order valence-corrected chi connectivity index (χ4v) is 3.60. The number of hydrogen-bond donors (Lipinski definition) is 2. The van der Waals surface area contributed by atoms with Crippen LogP contribution in [0.2, 0.25) is 0 Å². The van der Waals surface area contributed by atoms with Crippen LogP contribution in [0.15, 0.2) is 30.3 Å². The molecule has 0 radical (unpaired) electrons. The van der Waals surface area contributed by atoms with E-state index < -0.39 is 0 Å². The normalized spacial score (nSPS) is 16.2. The number of thioether (sulfide) groups is 1. The predicted molar refractivity (Wildman–Crippen MR) is 86.9 cm³/mol. The minimum Gasteiger partial charge on any atom is -0.381 e. The van der Waals surface area contributed by atoms with Crippen molar-refractivity contribution >= 4 is 28.6 Å². The van der Waals surface area contributed by atoms with Crippen LogP contribution < -0.4 is 5.32 Å². The third kappa shape index (κ3) is 3.80. The lowest BCUT2D eigenvalue weighted by atomic mass is 10.2. The van der Waals surface area contributed by atoms with Crippen LogP contribution in [0.3, 0.4) is 0 Å². The summed E-state index contributed by atoms with van der Waals surface area (Å²) < 4.78 is 5.34. The van der Waals surface area contributed by atoms with Crippen LogP contribution in [0.4, 0.5) is 0 Å². The molecule has 1 aromatic heterocycles. The summed E-state index contributed by atoms with van der Waals surface area (Å²) in [5.74, 6) is 0.926. The molecule has 4 nitrogen and oxygen atoms in total. The van der Waals surface area contributed by atoms with E-state index in [4.69, 9.17) is 4.74 Å². The Morgan fingerprint density at radius 3 is 2.95 bits per heavy atom. The Kier molecular flexibility index (Phi) is 4.83. The SMILES string of the molecule is O=C(NCCSC1CCOCC1)c1cc2ccccc2[nH]1. The second-order valence-corrected chi connectivity index (χ2v) is 6.62. The highest BCUT2D eigenvalue weighted by atomic mass is 32.2. The molecule has 0 aliphatic carbocycles. The monoisotopic (exact) mass is 304 g/mol. The molecule has 0 bridgehead atoms. The van der Waals surface area contributed by atoms with Crippen molar-refractivity contribution in [1.29, 1.82) is 0 Å². The highest BCUT2D eigenvalue weighted by molar-refractivity contribution is 7.99. The Bertz CT molecular complexity index is 572. The summed E-state index contributed by atoms with van der Waals surface area (Å²) >= 11 is 1.93. The van der Waals surface area contributed by atoms with Crippen molar-refractivity contribution in [2.75, 3.05) is 25.5 Å². The fraction of sp³-hybridized carbons (Fsp3) is 0.438. The number of aromatic nitrogens is 1. The lowest BCUT2D eigenvalue weighted by molar-refractivity contribution is 0.0951. The zero-order chi connectivity index (χ0) is 14.5. The van der Waals surface area contributed by atoms with E-state index in [2.05, 4.69) is 10.3 Å². The van der Waals surface area contributed by atoms with Crippen molar-refractivity contribution in [2.45, 2.75) is 18.1 Å². The maximum absolute atomic E-state index is 12.1. The number of benzene rings is 1. The Morgan fingerprint density at radius 2 is 2.14 bits per heavy atom. The van der Waals surface area contributed by atoms with Crippen molar-refractivity contribution < 1.29 is 9.53 Å². The van der Waals surface area contributed by atoms with Gasteiger partial charge in [-0.05, 0) is 25.0 Å². The third-order valence-corrected chi connectivity index (χ3v) is 5.07. The Morgan fingerprint density at radius 1 is 1.33 bits per heavy atom. The summed E-state index contributed by atoms with van der Waals surface area (Å²) in [4.78, 5) is 15.2. The Balaban J connectivity index is 1.45. The lowest BCUT2D eigenvalue weighted by Gasteiger charge is -2.21. The van der Waals surface area contributed by atoms with Gasteiger partial charge in [0.05, 0.1) is 0 Å². The first-order chi connectivity index (χ1) is 10.3. The van der Waals surface area contributed by atoms with E-state index in [9.17, 15) is 4.79 Å². The largest absolute Gasteiger partial charge is 0.381 e. The summed E-state index contributed by atoms with van der Waals surface area (Å²) in [5, 5.41) is 4.73. The highest BCUT2D eigenvalue weighted by Gasteiger charge is 2.14. The van der Waals surface area contributed by atoms with E-state index in [1.165, 1.54) is 0 Å². The van der Waals surface area contributed by atoms with Gasteiger partial charge in [0.15, 0.2) is 0 Å². The molecular formula is C16H20N2O2S. The fourth-order valence-electron chi connectivity index (χ4n) is 2.52. The van der Waals surface area contributed by atoms with Gasteiger partial charge in [-0.15, -0.1) is 0 Å². The predicted octanol–water partition coefficient (Wildman–Crippen LogP) is 2.81. The maximum Gasteiger partial charge on any atom is 0.267 e. The van der Waals surface area contributed by atoms with Gasteiger partial charge in [-0.2, -0.15) is 11.8 Å². The third-order valence-electron chi connectivity index (χ3n) is 3.68. The molecule has 1 amide bonds. The van der Waals surface area contributed by atoms with Crippen LogP contribution in [-0.4, -0.2) is 41.7 Å². The van der Waals surface area contributed by atoms with Gasteiger partial charge < -0.3 is 15.0 Å². The first-order valence-corrected chi connectivity index (χ1v) is 8.43. The minimum atomic E-state index is -0.0289. The molecule has 0 spiro atoms. The van der Waals surface area contributed by atoms with Gasteiger partial charge in [0, 0.05) is 41.7 Å².